The summed E-state index contributed by atoms with van der Waals surface area (Å²) < 4.78 is 0. The van der Waals surface area contributed by atoms with Gasteiger partial charge in [-0.15, -0.1) is 0 Å². The molecule has 2 aliphatic rings. The van der Waals surface area contributed by atoms with Gasteiger partial charge in [-0.25, -0.2) is 4.98 Å². The predicted octanol–water partition coefficient (Wildman–Crippen LogP) is 0.691. The van der Waals surface area contributed by atoms with E-state index in [2.05, 4.69) is 34.0 Å². The Labute approximate surface area is 107 Å². The van der Waals surface area contributed by atoms with Gasteiger partial charge in [0.25, 0.3) is 5.56 Å². The van der Waals surface area contributed by atoms with E-state index in [-0.39, 0.29) is 5.56 Å². The van der Waals surface area contributed by atoms with Crippen LogP contribution < -0.4 is 15.8 Å². The first-order valence-electron chi connectivity index (χ1n) is 6.77. The Balaban J connectivity index is 1.84. The highest BCUT2D eigenvalue weighted by Gasteiger charge is 2.43. The molecular formula is C13H20N4O. The van der Waals surface area contributed by atoms with Gasteiger partial charge < -0.3 is 15.2 Å². The third-order valence-electron chi connectivity index (χ3n) is 4.34. The highest BCUT2D eigenvalue weighted by atomic mass is 16.1. The molecule has 0 saturated carbocycles. The van der Waals surface area contributed by atoms with Gasteiger partial charge in [-0.2, -0.15) is 0 Å². The number of aromatic nitrogens is 2. The van der Waals surface area contributed by atoms with E-state index < -0.39 is 0 Å². The lowest BCUT2D eigenvalue weighted by molar-refractivity contribution is 0.361. The molecule has 0 radical (unpaired) electrons. The first-order chi connectivity index (χ1) is 8.70. The van der Waals surface area contributed by atoms with Crippen molar-refractivity contribution in [1.82, 2.24) is 15.3 Å². The molecule has 0 aliphatic carbocycles. The van der Waals surface area contributed by atoms with Crippen molar-refractivity contribution in [3.63, 3.8) is 0 Å². The molecule has 3 heterocycles. The highest BCUT2D eigenvalue weighted by Crippen LogP contribution is 2.30. The van der Waals surface area contributed by atoms with Gasteiger partial charge in [-0.1, -0.05) is 13.8 Å². The van der Waals surface area contributed by atoms with Gasteiger partial charge in [-0.05, 0) is 12.3 Å². The van der Waals surface area contributed by atoms with Crippen molar-refractivity contribution < 1.29 is 0 Å². The summed E-state index contributed by atoms with van der Waals surface area (Å²) in [6, 6.07) is 0.466. The zero-order chi connectivity index (χ0) is 12.7. The lowest BCUT2D eigenvalue weighted by Gasteiger charge is -2.44. The third-order valence-corrected chi connectivity index (χ3v) is 4.34. The molecule has 98 valence electrons. The number of rotatable bonds is 3. The second kappa shape index (κ2) is 4.39. The summed E-state index contributed by atoms with van der Waals surface area (Å²) in [5.41, 5.74) is 0.894. The number of fused-ring (bicyclic) bond motifs is 1. The number of hydrogen-bond acceptors (Lipinski definition) is 4. The fourth-order valence-electron chi connectivity index (χ4n) is 2.85. The van der Waals surface area contributed by atoms with E-state index in [0.717, 1.165) is 31.7 Å². The molecule has 3 rings (SSSR count). The molecule has 0 bridgehead atoms. The van der Waals surface area contributed by atoms with Crippen LogP contribution >= 0.6 is 0 Å². The van der Waals surface area contributed by atoms with E-state index >= 15 is 0 Å². The summed E-state index contributed by atoms with van der Waals surface area (Å²) in [6.07, 6.45) is 2.83. The van der Waals surface area contributed by atoms with E-state index in [0.29, 0.717) is 23.7 Å². The quantitative estimate of drug-likeness (QED) is 0.826. The zero-order valence-electron chi connectivity index (χ0n) is 10.9. The zero-order valence-corrected chi connectivity index (χ0v) is 10.9. The summed E-state index contributed by atoms with van der Waals surface area (Å²) in [7, 11) is 0. The molecule has 2 saturated heterocycles. The van der Waals surface area contributed by atoms with Crippen molar-refractivity contribution in [3.8, 4) is 0 Å². The molecule has 5 nitrogen and oxygen atoms in total. The molecule has 0 amide bonds. The molecule has 5 heteroatoms. The highest BCUT2D eigenvalue weighted by molar-refractivity contribution is 5.43. The van der Waals surface area contributed by atoms with Crippen LogP contribution in [0.1, 0.15) is 31.9 Å². The SMILES string of the molecule is CCC(C)c1cnc(N2CC3CNCC32)c(=O)[nH]1. The van der Waals surface area contributed by atoms with Gasteiger partial charge in [0.2, 0.25) is 0 Å². The first-order valence-corrected chi connectivity index (χ1v) is 6.77. The van der Waals surface area contributed by atoms with Gasteiger partial charge >= 0.3 is 0 Å². The number of hydrogen-bond donors (Lipinski definition) is 2. The van der Waals surface area contributed by atoms with E-state index in [1.165, 1.54) is 0 Å². The number of H-pyrrole nitrogens is 1. The summed E-state index contributed by atoms with van der Waals surface area (Å²) in [6.45, 7) is 7.22. The maximum absolute atomic E-state index is 12.1. The van der Waals surface area contributed by atoms with Crippen LogP contribution in [0.25, 0.3) is 0 Å². The fraction of sp³-hybridized carbons (Fsp3) is 0.692. The van der Waals surface area contributed by atoms with Crippen molar-refractivity contribution in [2.75, 3.05) is 24.5 Å². The van der Waals surface area contributed by atoms with E-state index in [1.807, 2.05) is 6.20 Å². The van der Waals surface area contributed by atoms with E-state index in [1.54, 1.807) is 0 Å². The fourth-order valence-corrected chi connectivity index (χ4v) is 2.85. The molecule has 3 atom stereocenters. The molecule has 0 spiro atoms. The largest absolute Gasteiger partial charge is 0.347 e. The van der Waals surface area contributed by atoms with Crippen LogP contribution in [-0.4, -0.2) is 35.6 Å². The van der Waals surface area contributed by atoms with Crippen LogP contribution in [0.4, 0.5) is 5.82 Å². The topological polar surface area (TPSA) is 61.0 Å². The maximum atomic E-state index is 12.1. The summed E-state index contributed by atoms with van der Waals surface area (Å²) >= 11 is 0. The Bertz CT molecular complexity index is 498. The van der Waals surface area contributed by atoms with Gasteiger partial charge in [0.1, 0.15) is 0 Å². The molecular weight excluding hydrogens is 228 g/mol. The van der Waals surface area contributed by atoms with Crippen LogP contribution in [0.3, 0.4) is 0 Å². The van der Waals surface area contributed by atoms with Crippen molar-refractivity contribution in [2.45, 2.75) is 32.2 Å². The molecule has 3 unspecified atom stereocenters. The third kappa shape index (κ3) is 1.73. The van der Waals surface area contributed by atoms with Gasteiger partial charge in [-0.3, -0.25) is 4.79 Å². The normalized spacial score (nSPS) is 27.8. The lowest BCUT2D eigenvalue weighted by Crippen LogP contribution is -2.57. The second-order valence-corrected chi connectivity index (χ2v) is 5.44. The number of aromatic amines is 1. The minimum atomic E-state index is -0.0434. The van der Waals surface area contributed by atoms with Gasteiger partial charge in [0.15, 0.2) is 5.82 Å². The molecule has 1 aromatic heterocycles. The lowest BCUT2D eigenvalue weighted by atomic mass is 9.92. The Hall–Kier alpha value is -1.36. The second-order valence-electron chi connectivity index (χ2n) is 5.44. The molecule has 2 aliphatic heterocycles. The average molecular weight is 248 g/mol. The summed E-state index contributed by atoms with van der Waals surface area (Å²) in [5.74, 6) is 1.64. The van der Waals surface area contributed by atoms with Crippen LogP contribution in [0.15, 0.2) is 11.0 Å². The van der Waals surface area contributed by atoms with Crippen molar-refractivity contribution in [1.29, 1.82) is 0 Å². The average Bonchev–Trinajstić information content (AvgIpc) is 2.72. The smallest absolute Gasteiger partial charge is 0.291 e. The standard InChI is InChI=1S/C13H20N4O/c1-3-8(2)10-5-15-12(13(18)16-10)17-7-9-4-14-6-11(9)17/h5,8-9,11,14H,3-4,6-7H2,1-2H3,(H,16,18). The van der Waals surface area contributed by atoms with Crippen LogP contribution in [0.2, 0.25) is 0 Å². The van der Waals surface area contributed by atoms with Crippen LogP contribution in [-0.2, 0) is 0 Å². The monoisotopic (exact) mass is 248 g/mol. The molecule has 2 fully saturated rings. The number of anilines is 1. The van der Waals surface area contributed by atoms with Crippen molar-refractivity contribution in [2.24, 2.45) is 5.92 Å². The Morgan fingerprint density at radius 1 is 1.56 bits per heavy atom. The first kappa shape index (κ1) is 11.7. The minimum absolute atomic E-state index is 0.0434. The number of nitrogens with one attached hydrogen (secondary N) is 2. The Morgan fingerprint density at radius 2 is 2.39 bits per heavy atom. The maximum Gasteiger partial charge on any atom is 0.291 e. The summed E-state index contributed by atoms with van der Waals surface area (Å²) in [4.78, 5) is 21.6. The predicted molar refractivity (Wildman–Crippen MR) is 71.1 cm³/mol. The van der Waals surface area contributed by atoms with Crippen molar-refractivity contribution in [3.05, 3.63) is 22.2 Å². The van der Waals surface area contributed by atoms with Gasteiger partial charge in [0, 0.05) is 43.5 Å². The molecule has 2 N–H and O–H groups in total. The minimum Gasteiger partial charge on any atom is -0.347 e. The van der Waals surface area contributed by atoms with Crippen molar-refractivity contribution >= 4 is 5.82 Å². The Morgan fingerprint density at radius 3 is 3.06 bits per heavy atom. The van der Waals surface area contributed by atoms with E-state index in [9.17, 15) is 4.79 Å². The molecule has 1 aromatic rings. The molecule has 18 heavy (non-hydrogen) atoms. The molecule has 0 aromatic carbocycles. The van der Waals surface area contributed by atoms with Crippen LogP contribution in [0.5, 0.6) is 0 Å². The summed E-state index contributed by atoms with van der Waals surface area (Å²) in [5, 5.41) is 3.36. The van der Waals surface area contributed by atoms with Gasteiger partial charge in [0.05, 0.1) is 0 Å². The number of nitrogens with zero attached hydrogens (tertiary/aromatic N) is 2. The van der Waals surface area contributed by atoms with Crippen LogP contribution in [0, 0.1) is 5.92 Å². The van der Waals surface area contributed by atoms with E-state index in [4.69, 9.17) is 0 Å². The Kier molecular flexibility index (Phi) is 2.86.